The maximum absolute atomic E-state index is 9.55. The summed E-state index contributed by atoms with van der Waals surface area (Å²) in [5.74, 6) is 0.795. The summed E-state index contributed by atoms with van der Waals surface area (Å²) >= 11 is 1.46. The average molecular weight is 207 g/mol. The first-order chi connectivity index (χ1) is 6.81. The molecule has 0 aliphatic carbocycles. The monoisotopic (exact) mass is 207 g/mol. The van der Waals surface area contributed by atoms with Crippen molar-refractivity contribution in [3.8, 4) is 17.1 Å². The number of hydrogen-bond donors (Lipinski definition) is 2. The van der Waals surface area contributed by atoms with Gasteiger partial charge < -0.3 is 5.11 Å². The molecule has 14 heavy (non-hydrogen) atoms. The smallest absolute Gasteiger partial charge is 0.208 e. The lowest BCUT2D eigenvalue weighted by molar-refractivity contribution is 0.477. The van der Waals surface area contributed by atoms with Gasteiger partial charge in [-0.3, -0.25) is 5.10 Å². The number of nitrogens with one attached hydrogen (secondary N) is 1. The normalized spacial score (nSPS) is 10.4. The van der Waals surface area contributed by atoms with Crippen LogP contribution in [0.5, 0.6) is 5.75 Å². The Bertz CT molecular complexity index is 441. The lowest BCUT2D eigenvalue weighted by Gasteiger charge is -1.97. The van der Waals surface area contributed by atoms with E-state index >= 15 is 0 Å². The number of para-hydroxylation sites is 1. The lowest BCUT2D eigenvalue weighted by atomic mass is 10.2. The van der Waals surface area contributed by atoms with E-state index in [1.807, 2.05) is 12.3 Å². The number of thioether (sulfide) groups is 1. The fourth-order valence-electron chi connectivity index (χ4n) is 1.13. The molecule has 4 nitrogen and oxygen atoms in total. The summed E-state index contributed by atoms with van der Waals surface area (Å²) in [5, 5.41) is 17.0. The minimum Gasteiger partial charge on any atom is -0.507 e. The van der Waals surface area contributed by atoms with Crippen molar-refractivity contribution in [1.29, 1.82) is 0 Å². The summed E-state index contributed by atoms with van der Waals surface area (Å²) in [4.78, 5) is 4.20. The van der Waals surface area contributed by atoms with E-state index in [9.17, 15) is 5.11 Å². The van der Waals surface area contributed by atoms with Gasteiger partial charge >= 0.3 is 0 Å². The summed E-state index contributed by atoms with van der Waals surface area (Å²) in [5.41, 5.74) is 0.667. The molecule has 5 heteroatoms. The fraction of sp³-hybridized carbons (Fsp3) is 0.111. The van der Waals surface area contributed by atoms with Crippen molar-refractivity contribution in [2.24, 2.45) is 0 Å². The highest BCUT2D eigenvalue weighted by Crippen LogP contribution is 2.26. The quantitative estimate of drug-likeness (QED) is 0.738. The maximum atomic E-state index is 9.55. The largest absolute Gasteiger partial charge is 0.507 e. The first kappa shape index (κ1) is 9.08. The SMILES string of the molecule is CSc1n[nH]c(-c2ccccc2O)n1. The molecule has 1 aromatic carbocycles. The van der Waals surface area contributed by atoms with Gasteiger partial charge in [0, 0.05) is 0 Å². The van der Waals surface area contributed by atoms with E-state index in [1.54, 1.807) is 18.2 Å². The van der Waals surface area contributed by atoms with E-state index in [0.29, 0.717) is 16.5 Å². The van der Waals surface area contributed by atoms with E-state index in [0.717, 1.165) is 0 Å². The molecule has 0 atom stereocenters. The van der Waals surface area contributed by atoms with Crippen molar-refractivity contribution < 1.29 is 5.11 Å². The average Bonchev–Trinajstić information content (AvgIpc) is 2.67. The molecule has 72 valence electrons. The number of phenols is 1. The summed E-state index contributed by atoms with van der Waals surface area (Å²) in [6.45, 7) is 0. The van der Waals surface area contributed by atoms with Gasteiger partial charge in [0.2, 0.25) is 5.16 Å². The third-order valence-electron chi connectivity index (χ3n) is 1.81. The summed E-state index contributed by atoms with van der Waals surface area (Å²) in [6, 6.07) is 7.03. The molecule has 0 fully saturated rings. The lowest BCUT2D eigenvalue weighted by Crippen LogP contribution is -1.80. The highest BCUT2D eigenvalue weighted by Gasteiger charge is 2.07. The van der Waals surface area contributed by atoms with E-state index in [1.165, 1.54) is 11.8 Å². The van der Waals surface area contributed by atoms with E-state index < -0.39 is 0 Å². The highest BCUT2D eigenvalue weighted by atomic mass is 32.2. The summed E-state index contributed by atoms with van der Waals surface area (Å²) in [6.07, 6.45) is 1.90. The van der Waals surface area contributed by atoms with Crippen LogP contribution in [-0.2, 0) is 0 Å². The minimum absolute atomic E-state index is 0.205. The zero-order chi connectivity index (χ0) is 9.97. The second kappa shape index (κ2) is 3.71. The number of hydrogen-bond acceptors (Lipinski definition) is 4. The Morgan fingerprint density at radius 2 is 2.14 bits per heavy atom. The van der Waals surface area contributed by atoms with Crippen molar-refractivity contribution in [3.63, 3.8) is 0 Å². The molecule has 2 aromatic rings. The molecule has 0 unspecified atom stereocenters. The molecule has 0 aliphatic rings. The molecule has 0 amide bonds. The van der Waals surface area contributed by atoms with Gasteiger partial charge in [-0.1, -0.05) is 23.9 Å². The third kappa shape index (κ3) is 1.58. The Morgan fingerprint density at radius 1 is 1.36 bits per heavy atom. The van der Waals surface area contributed by atoms with Gasteiger partial charge in [-0.25, -0.2) is 4.98 Å². The zero-order valence-electron chi connectivity index (χ0n) is 7.56. The topological polar surface area (TPSA) is 61.8 Å². The molecule has 0 aliphatic heterocycles. The predicted molar refractivity (Wildman–Crippen MR) is 55.3 cm³/mol. The second-order valence-electron chi connectivity index (χ2n) is 2.69. The number of H-pyrrole nitrogens is 1. The van der Waals surface area contributed by atoms with Gasteiger partial charge in [0.25, 0.3) is 0 Å². The van der Waals surface area contributed by atoms with Crippen molar-refractivity contribution in [2.45, 2.75) is 5.16 Å². The Hall–Kier alpha value is -1.49. The number of phenolic OH excluding ortho intramolecular Hbond substituents is 1. The molecule has 2 rings (SSSR count). The highest BCUT2D eigenvalue weighted by molar-refractivity contribution is 7.98. The molecule has 0 saturated carbocycles. The number of aromatic hydroxyl groups is 1. The molecule has 0 spiro atoms. The first-order valence-corrected chi connectivity index (χ1v) is 5.28. The molecular formula is C9H9N3OS. The molecule has 2 N–H and O–H groups in total. The van der Waals surface area contributed by atoms with Crippen LogP contribution < -0.4 is 0 Å². The van der Waals surface area contributed by atoms with Gasteiger partial charge in [-0.05, 0) is 18.4 Å². The van der Waals surface area contributed by atoms with Crippen LogP contribution in [0.25, 0.3) is 11.4 Å². The predicted octanol–water partition coefficient (Wildman–Crippen LogP) is 1.90. The van der Waals surface area contributed by atoms with Crippen LogP contribution in [0.4, 0.5) is 0 Å². The van der Waals surface area contributed by atoms with Crippen molar-refractivity contribution in [2.75, 3.05) is 6.26 Å². The summed E-state index contributed by atoms with van der Waals surface area (Å²) in [7, 11) is 0. The van der Waals surface area contributed by atoms with Crippen LogP contribution in [0.15, 0.2) is 29.4 Å². The Balaban J connectivity index is 2.44. The molecule has 0 bridgehead atoms. The van der Waals surface area contributed by atoms with Crippen molar-refractivity contribution in [1.82, 2.24) is 15.2 Å². The van der Waals surface area contributed by atoms with Crippen molar-refractivity contribution >= 4 is 11.8 Å². The second-order valence-corrected chi connectivity index (χ2v) is 3.46. The molecule has 1 aromatic heterocycles. The van der Waals surface area contributed by atoms with Crippen LogP contribution in [-0.4, -0.2) is 26.5 Å². The van der Waals surface area contributed by atoms with E-state index in [2.05, 4.69) is 15.2 Å². The standard InChI is InChI=1S/C9H9N3OS/c1-14-9-10-8(11-12-9)6-4-2-3-5-7(6)13/h2-5,13H,1H3,(H,10,11,12). The van der Waals surface area contributed by atoms with E-state index in [-0.39, 0.29) is 5.75 Å². The Morgan fingerprint density at radius 3 is 2.79 bits per heavy atom. The minimum atomic E-state index is 0.205. The number of benzene rings is 1. The van der Waals surface area contributed by atoms with Gasteiger partial charge in [0.1, 0.15) is 5.75 Å². The molecule has 0 saturated heterocycles. The van der Waals surface area contributed by atoms with Gasteiger partial charge in [-0.15, -0.1) is 5.10 Å². The first-order valence-electron chi connectivity index (χ1n) is 4.06. The Kier molecular flexibility index (Phi) is 2.41. The number of aromatic nitrogens is 3. The van der Waals surface area contributed by atoms with Crippen LogP contribution >= 0.6 is 11.8 Å². The van der Waals surface area contributed by atoms with Crippen LogP contribution in [0.2, 0.25) is 0 Å². The fourth-order valence-corrected chi connectivity index (χ4v) is 1.45. The number of nitrogens with zero attached hydrogens (tertiary/aromatic N) is 2. The number of aromatic amines is 1. The van der Waals surface area contributed by atoms with Crippen LogP contribution in [0.3, 0.4) is 0 Å². The molecule has 0 radical (unpaired) electrons. The molecular weight excluding hydrogens is 198 g/mol. The van der Waals surface area contributed by atoms with Gasteiger partial charge in [0.15, 0.2) is 5.82 Å². The number of rotatable bonds is 2. The van der Waals surface area contributed by atoms with Gasteiger partial charge in [0.05, 0.1) is 5.56 Å². The van der Waals surface area contributed by atoms with Crippen LogP contribution in [0.1, 0.15) is 0 Å². The van der Waals surface area contributed by atoms with Crippen LogP contribution in [0, 0.1) is 0 Å². The Labute approximate surface area is 85.4 Å². The zero-order valence-corrected chi connectivity index (χ0v) is 8.38. The van der Waals surface area contributed by atoms with Gasteiger partial charge in [-0.2, -0.15) is 0 Å². The molecule has 1 heterocycles. The third-order valence-corrected chi connectivity index (χ3v) is 2.35. The van der Waals surface area contributed by atoms with Crippen molar-refractivity contribution in [3.05, 3.63) is 24.3 Å². The maximum Gasteiger partial charge on any atom is 0.208 e. The summed E-state index contributed by atoms with van der Waals surface area (Å²) < 4.78 is 0. The van der Waals surface area contributed by atoms with E-state index in [4.69, 9.17) is 0 Å².